The fourth-order valence-electron chi connectivity index (χ4n) is 2.18. The number of carbonyl (C=O) groups is 2. The summed E-state index contributed by atoms with van der Waals surface area (Å²) in [5.41, 5.74) is 0.725. The second kappa shape index (κ2) is 6.23. The zero-order chi connectivity index (χ0) is 14.5. The van der Waals surface area contributed by atoms with E-state index < -0.39 is 5.92 Å². The van der Waals surface area contributed by atoms with Gasteiger partial charge >= 0.3 is 5.97 Å². The second-order valence-electron chi connectivity index (χ2n) is 4.53. The summed E-state index contributed by atoms with van der Waals surface area (Å²) >= 11 is 0. The average Bonchev–Trinajstić information content (AvgIpc) is 2.86. The topological polar surface area (TPSA) is 55.8 Å². The van der Waals surface area contributed by atoms with E-state index in [0.29, 0.717) is 18.9 Å². The van der Waals surface area contributed by atoms with Gasteiger partial charge in [-0.15, -0.1) is 0 Å². The highest BCUT2D eigenvalue weighted by Crippen LogP contribution is 2.28. The van der Waals surface area contributed by atoms with Gasteiger partial charge in [0.25, 0.3) is 0 Å². The zero-order valence-electron chi connectivity index (χ0n) is 11.4. The van der Waals surface area contributed by atoms with Crippen molar-refractivity contribution in [3.8, 4) is 5.75 Å². The highest BCUT2D eigenvalue weighted by molar-refractivity contribution is 5.99. The molecule has 1 heterocycles. The van der Waals surface area contributed by atoms with Crippen molar-refractivity contribution in [2.75, 3.05) is 25.2 Å². The molecule has 5 heteroatoms. The van der Waals surface area contributed by atoms with Crippen LogP contribution in [0.5, 0.6) is 5.75 Å². The normalized spacial score (nSPS) is 17.9. The Kier molecular flexibility index (Phi) is 4.40. The molecule has 0 spiro atoms. The lowest BCUT2D eigenvalue weighted by Crippen LogP contribution is -2.26. The molecular formula is C15H17NO4. The molecule has 20 heavy (non-hydrogen) atoms. The van der Waals surface area contributed by atoms with Crippen LogP contribution in [0.4, 0.5) is 5.69 Å². The molecule has 1 atom stereocenters. The summed E-state index contributed by atoms with van der Waals surface area (Å²) in [4.78, 5) is 25.1. The fraction of sp³-hybridized carbons (Fsp3) is 0.333. The first-order valence-electron chi connectivity index (χ1n) is 6.37. The smallest absolute Gasteiger partial charge is 0.311 e. The van der Waals surface area contributed by atoms with E-state index in [1.165, 1.54) is 7.11 Å². The molecule has 1 aliphatic rings. The first-order valence-corrected chi connectivity index (χ1v) is 6.37. The number of hydrogen-bond donors (Lipinski definition) is 0. The third kappa shape index (κ3) is 2.99. The number of hydrogen-bond acceptors (Lipinski definition) is 4. The number of benzene rings is 1. The standard InChI is InChI=1S/C15H17NO4/c1-3-7-20-13-6-4-5-12(9-13)16-10-11(8-14(16)17)15(18)19-2/h3-6,9,11H,1,7-8,10H2,2H3/t11-/m1/s1. The fourth-order valence-corrected chi connectivity index (χ4v) is 2.18. The largest absolute Gasteiger partial charge is 0.489 e. The molecule has 106 valence electrons. The molecule has 0 unspecified atom stereocenters. The summed E-state index contributed by atoms with van der Waals surface area (Å²) < 4.78 is 10.1. The number of anilines is 1. The lowest BCUT2D eigenvalue weighted by atomic mass is 10.1. The Labute approximate surface area is 117 Å². The molecule has 1 saturated heterocycles. The Morgan fingerprint density at radius 2 is 2.35 bits per heavy atom. The predicted octanol–water partition coefficient (Wildman–Crippen LogP) is 1.78. The van der Waals surface area contributed by atoms with Crippen LogP contribution in [0.25, 0.3) is 0 Å². The first kappa shape index (κ1) is 14.1. The van der Waals surface area contributed by atoms with Crippen LogP contribution in [0.15, 0.2) is 36.9 Å². The van der Waals surface area contributed by atoms with Crippen LogP contribution in [0, 0.1) is 5.92 Å². The third-order valence-electron chi connectivity index (χ3n) is 3.16. The zero-order valence-corrected chi connectivity index (χ0v) is 11.4. The lowest BCUT2D eigenvalue weighted by molar-refractivity contribution is -0.145. The van der Waals surface area contributed by atoms with E-state index in [9.17, 15) is 9.59 Å². The molecule has 0 aliphatic carbocycles. The molecular weight excluding hydrogens is 258 g/mol. The SMILES string of the molecule is C=CCOc1cccc(N2C[C@H](C(=O)OC)CC2=O)c1. The van der Waals surface area contributed by atoms with Gasteiger partial charge in [-0.05, 0) is 12.1 Å². The van der Waals surface area contributed by atoms with Gasteiger partial charge in [0.15, 0.2) is 0 Å². The van der Waals surface area contributed by atoms with Gasteiger partial charge in [0.1, 0.15) is 12.4 Å². The summed E-state index contributed by atoms with van der Waals surface area (Å²) in [5.74, 6) is -0.164. The lowest BCUT2D eigenvalue weighted by Gasteiger charge is -2.17. The highest BCUT2D eigenvalue weighted by Gasteiger charge is 2.35. The van der Waals surface area contributed by atoms with Gasteiger partial charge in [0.2, 0.25) is 5.91 Å². The van der Waals surface area contributed by atoms with Crippen LogP contribution in [0.1, 0.15) is 6.42 Å². The number of nitrogens with zero attached hydrogens (tertiary/aromatic N) is 1. The molecule has 0 saturated carbocycles. The van der Waals surface area contributed by atoms with Crippen molar-refractivity contribution < 1.29 is 19.1 Å². The van der Waals surface area contributed by atoms with Gasteiger partial charge in [0.05, 0.1) is 13.0 Å². The number of esters is 1. The second-order valence-corrected chi connectivity index (χ2v) is 4.53. The molecule has 1 amide bonds. The average molecular weight is 275 g/mol. The van der Waals surface area contributed by atoms with Crippen molar-refractivity contribution in [1.82, 2.24) is 0 Å². The molecule has 0 radical (unpaired) electrons. The van der Waals surface area contributed by atoms with Crippen molar-refractivity contribution in [1.29, 1.82) is 0 Å². The Hall–Kier alpha value is -2.30. The van der Waals surface area contributed by atoms with Crippen molar-refractivity contribution in [2.45, 2.75) is 6.42 Å². The van der Waals surface area contributed by atoms with E-state index in [-0.39, 0.29) is 18.3 Å². The van der Waals surface area contributed by atoms with E-state index in [4.69, 9.17) is 4.74 Å². The minimum atomic E-state index is -0.398. The van der Waals surface area contributed by atoms with Gasteiger partial charge in [-0.2, -0.15) is 0 Å². The quantitative estimate of drug-likeness (QED) is 0.607. The molecule has 1 aliphatic heterocycles. The predicted molar refractivity (Wildman–Crippen MR) is 74.6 cm³/mol. The Bertz CT molecular complexity index is 526. The van der Waals surface area contributed by atoms with Crippen molar-refractivity contribution >= 4 is 17.6 Å². The molecule has 0 aromatic heterocycles. The summed E-state index contributed by atoms with van der Waals surface area (Å²) in [6, 6.07) is 7.22. The Balaban J connectivity index is 2.13. The monoisotopic (exact) mass is 275 g/mol. The summed E-state index contributed by atoms with van der Waals surface area (Å²) in [7, 11) is 1.33. The molecule has 5 nitrogen and oxygen atoms in total. The van der Waals surface area contributed by atoms with E-state index in [0.717, 1.165) is 5.69 Å². The Morgan fingerprint density at radius 1 is 1.55 bits per heavy atom. The maximum atomic E-state index is 12.0. The van der Waals surface area contributed by atoms with E-state index >= 15 is 0 Å². The van der Waals surface area contributed by atoms with Gasteiger partial charge < -0.3 is 14.4 Å². The third-order valence-corrected chi connectivity index (χ3v) is 3.16. The van der Waals surface area contributed by atoms with Crippen LogP contribution >= 0.6 is 0 Å². The minimum Gasteiger partial charge on any atom is -0.489 e. The van der Waals surface area contributed by atoms with Crippen LogP contribution in [0.2, 0.25) is 0 Å². The van der Waals surface area contributed by atoms with Gasteiger partial charge in [-0.25, -0.2) is 0 Å². The molecule has 1 fully saturated rings. The minimum absolute atomic E-state index is 0.0822. The van der Waals surface area contributed by atoms with Crippen molar-refractivity contribution in [3.63, 3.8) is 0 Å². The van der Waals surface area contributed by atoms with E-state index in [1.54, 1.807) is 17.0 Å². The summed E-state index contributed by atoms with van der Waals surface area (Å²) in [6.07, 6.45) is 1.84. The maximum Gasteiger partial charge on any atom is 0.311 e. The van der Waals surface area contributed by atoms with Crippen molar-refractivity contribution in [3.05, 3.63) is 36.9 Å². The first-order chi connectivity index (χ1) is 9.65. The molecule has 2 rings (SSSR count). The maximum absolute atomic E-state index is 12.0. The Morgan fingerprint density at radius 3 is 3.05 bits per heavy atom. The number of ether oxygens (including phenoxy) is 2. The van der Waals surface area contributed by atoms with Crippen LogP contribution in [-0.2, 0) is 14.3 Å². The van der Waals surface area contributed by atoms with Crippen LogP contribution in [0.3, 0.4) is 0 Å². The number of rotatable bonds is 5. The van der Waals surface area contributed by atoms with E-state index in [1.807, 2.05) is 18.2 Å². The van der Waals surface area contributed by atoms with Gasteiger partial charge in [-0.3, -0.25) is 9.59 Å². The molecule has 1 aromatic rings. The van der Waals surface area contributed by atoms with Crippen LogP contribution < -0.4 is 9.64 Å². The molecule has 0 bridgehead atoms. The van der Waals surface area contributed by atoms with Crippen molar-refractivity contribution in [2.24, 2.45) is 5.92 Å². The molecule has 0 N–H and O–H groups in total. The van der Waals surface area contributed by atoms with Crippen LogP contribution in [-0.4, -0.2) is 32.1 Å². The van der Waals surface area contributed by atoms with Gasteiger partial charge in [-0.1, -0.05) is 18.7 Å². The highest BCUT2D eigenvalue weighted by atomic mass is 16.5. The molecule has 1 aromatic carbocycles. The van der Waals surface area contributed by atoms with Gasteiger partial charge in [0, 0.05) is 24.7 Å². The number of carbonyl (C=O) groups excluding carboxylic acids is 2. The summed E-state index contributed by atoms with van der Waals surface area (Å²) in [6.45, 7) is 4.33. The number of amides is 1. The summed E-state index contributed by atoms with van der Waals surface area (Å²) in [5, 5.41) is 0. The number of methoxy groups -OCH3 is 1. The van der Waals surface area contributed by atoms with E-state index in [2.05, 4.69) is 11.3 Å².